The minimum Gasteiger partial charge on any atom is -0.363 e. The zero-order valence-electron chi connectivity index (χ0n) is 11.0. The molecule has 0 atom stereocenters. The maximum atomic E-state index is 12.8. The fraction of sp³-hybridized carbons (Fsp3) is 0.133. The zero-order chi connectivity index (χ0) is 14.1. The zero-order valence-corrected chi connectivity index (χ0v) is 11.0. The first-order valence-electron chi connectivity index (χ1n) is 6.29. The van der Waals surface area contributed by atoms with Crippen molar-refractivity contribution in [2.75, 3.05) is 7.05 Å². The summed E-state index contributed by atoms with van der Waals surface area (Å²) in [7, 11) is 1.90. The van der Waals surface area contributed by atoms with E-state index in [9.17, 15) is 9.18 Å². The largest absolute Gasteiger partial charge is 0.363 e. The first-order valence-corrected chi connectivity index (χ1v) is 6.29. The SMILES string of the molecule is CN1Cc2[nH]ccc2C=C1NC(=O)c1ccc(F)cc1. The highest BCUT2D eigenvalue weighted by Gasteiger charge is 2.17. The third kappa shape index (κ3) is 2.30. The topological polar surface area (TPSA) is 48.1 Å². The van der Waals surface area contributed by atoms with Crippen molar-refractivity contribution in [3.05, 3.63) is 65.0 Å². The number of fused-ring (bicyclic) bond motifs is 1. The first kappa shape index (κ1) is 12.5. The van der Waals surface area contributed by atoms with Gasteiger partial charge in [-0.05, 0) is 36.4 Å². The number of aromatic amines is 1. The lowest BCUT2D eigenvalue weighted by atomic mass is 10.1. The maximum Gasteiger partial charge on any atom is 0.256 e. The van der Waals surface area contributed by atoms with E-state index >= 15 is 0 Å². The molecule has 5 heteroatoms. The summed E-state index contributed by atoms with van der Waals surface area (Å²) < 4.78 is 12.8. The van der Waals surface area contributed by atoms with Crippen molar-refractivity contribution in [1.29, 1.82) is 0 Å². The molecule has 3 rings (SSSR count). The van der Waals surface area contributed by atoms with E-state index in [0.29, 0.717) is 12.1 Å². The molecule has 0 aliphatic carbocycles. The first-order chi connectivity index (χ1) is 9.63. The van der Waals surface area contributed by atoms with Gasteiger partial charge in [0.1, 0.15) is 11.6 Å². The molecular weight excluding hydrogens is 257 g/mol. The van der Waals surface area contributed by atoms with Crippen LogP contribution in [0.1, 0.15) is 21.6 Å². The number of hydrogen-bond donors (Lipinski definition) is 2. The molecule has 4 nitrogen and oxygen atoms in total. The Kier molecular flexibility index (Phi) is 3.02. The Morgan fingerprint density at radius 2 is 2.05 bits per heavy atom. The number of amides is 1. The molecule has 0 saturated carbocycles. The third-order valence-electron chi connectivity index (χ3n) is 3.32. The fourth-order valence-corrected chi connectivity index (χ4v) is 2.19. The number of aromatic nitrogens is 1. The summed E-state index contributed by atoms with van der Waals surface area (Å²) in [6.45, 7) is 0.706. The highest BCUT2D eigenvalue weighted by atomic mass is 19.1. The molecule has 1 aliphatic rings. The van der Waals surface area contributed by atoms with Gasteiger partial charge in [-0.25, -0.2) is 4.39 Å². The van der Waals surface area contributed by atoms with Crippen molar-refractivity contribution < 1.29 is 9.18 Å². The Balaban J connectivity index is 1.81. The highest BCUT2D eigenvalue weighted by molar-refractivity contribution is 5.95. The molecule has 0 unspecified atom stereocenters. The standard InChI is InChI=1S/C15H14FN3O/c1-19-9-13-11(6-7-17-13)8-14(19)18-15(20)10-2-4-12(16)5-3-10/h2-8,17H,9H2,1H3,(H,18,20). The van der Waals surface area contributed by atoms with Gasteiger partial charge in [0, 0.05) is 30.1 Å². The van der Waals surface area contributed by atoms with E-state index in [2.05, 4.69) is 10.3 Å². The van der Waals surface area contributed by atoms with Gasteiger partial charge < -0.3 is 15.2 Å². The van der Waals surface area contributed by atoms with Crippen LogP contribution < -0.4 is 5.32 Å². The summed E-state index contributed by atoms with van der Waals surface area (Å²) in [5.74, 6) is 0.126. The predicted molar refractivity (Wildman–Crippen MR) is 74.1 cm³/mol. The second-order valence-electron chi connectivity index (χ2n) is 4.76. The average molecular weight is 271 g/mol. The van der Waals surface area contributed by atoms with Crippen LogP contribution in [0.25, 0.3) is 6.08 Å². The van der Waals surface area contributed by atoms with Crippen molar-refractivity contribution in [2.45, 2.75) is 6.54 Å². The summed E-state index contributed by atoms with van der Waals surface area (Å²) in [5, 5.41) is 2.85. The Morgan fingerprint density at radius 3 is 2.80 bits per heavy atom. The van der Waals surface area contributed by atoms with Gasteiger partial charge in [0.2, 0.25) is 0 Å². The second-order valence-corrected chi connectivity index (χ2v) is 4.76. The van der Waals surface area contributed by atoms with E-state index in [1.54, 1.807) is 0 Å². The van der Waals surface area contributed by atoms with Crippen LogP contribution in [0.5, 0.6) is 0 Å². The third-order valence-corrected chi connectivity index (χ3v) is 3.32. The lowest BCUT2D eigenvalue weighted by Crippen LogP contribution is -2.34. The smallest absolute Gasteiger partial charge is 0.256 e. The summed E-state index contributed by atoms with van der Waals surface area (Å²) in [6, 6.07) is 7.45. The number of rotatable bonds is 2. The number of halogens is 1. The molecular formula is C15H14FN3O. The van der Waals surface area contributed by atoms with Gasteiger partial charge >= 0.3 is 0 Å². The molecule has 2 heterocycles. The van der Waals surface area contributed by atoms with E-state index in [-0.39, 0.29) is 11.7 Å². The van der Waals surface area contributed by atoms with E-state index in [1.807, 2.05) is 30.3 Å². The number of H-pyrrole nitrogens is 1. The summed E-state index contributed by atoms with van der Waals surface area (Å²) in [4.78, 5) is 17.2. The van der Waals surface area contributed by atoms with Crippen LogP contribution >= 0.6 is 0 Å². The van der Waals surface area contributed by atoms with Crippen molar-refractivity contribution in [2.24, 2.45) is 0 Å². The van der Waals surface area contributed by atoms with Crippen molar-refractivity contribution in [3.63, 3.8) is 0 Å². The van der Waals surface area contributed by atoms with Crippen LogP contribution in [-0.2, 0) is 6.54 Å². The number of benzene rings is 1. The molecule has 0 saturated heterocycles. The van der Waals surface area contributed by atoms with Crippen molar-refractivity contribution in [3.8, 4) is 0 Å². The van der Waals surface area contributed by atoms with Crippen LogP contribution in [0, 0.1) is 5.82 Å². The van der Waals surface area contributed by atoms with Gasteiger partial charge in [-0.15, -0.1) is 0 Å². The van der Waals surface area contributed by atoms with Gasteiger partial charge in [0.25, 0.3) is 5.91 Å². The van der Waals surface area contributed by atoms with Crippen LogP contribution in [0.3, 0.4) is 0 Å². The minimum atomic E-state index is -0.354. The predicted octanol–water partition coefficient (Wildman–Crippen LogP) is 2.33. The summed E-state index contributed by atoms with van der Waals surface area (Å²) in [6.07, 6.45) is 3.79. The van der Waals surface area contributed by atoms with Crippen molar-refractivity contribution >= 4 is 12.0 Å². The Morgan fingerprint density at radius 1 is 1.30 bits per heavy atom. The van der Waals surface area contributed by atoms with Crippen LogP contribution in [0.2, 0.25) is 0 Å². The minimum absolute atomic E-state index is 0.248. The van der Waals surface area contributed by atoms with Crippen LogP contribution in [0.15, 0.2) is 42.3 Å². The molecule has 1 aromatic carbocycles. The van der Waals surface area contributed by atoms with E-state index in [4.69, 9.17) is 0 Å². The number of carbonyl (C=O) groups is 1. The molecule has 102 valence electrons. The van der Waals surface area contributed by atoms with Gasteiger partial charge in [0.05, 0.1) is 6.54 Å². The quantitative estimate of drug-likeness (QED) is 0.880. The number of nitrogens with zero attached hydrogens (tertiary/aromatic N) is 1. The van der Waals surface area contributed by atoms with Crippen molar-refractivity contribution in [1.82, 2.24) is 15.2 Å². The lowest BCUT2D eigenvalue weighted by molar-refractivity contribution is 0.0953. The molecule has 20 heavy (non-hydrogen) atoms. The van der Waals surface area contributed by atoms with Gasteiger partial charge in [-0.3, -0.25) is 4.79 Å². The normalized spacial score (nSPS) is 13.7. The molecule has 1 amide bonds. The number of nitrogens with one attached hydrogen (secondary N) is 2. The van der Waals surface area contributed by atoms with Gasteiger partial charge in [-0.1, -0.05) is 0 Å². The monoisotopic (exact) mass is 271 g/mol. The molecule has 0 fully saturated rings. The van der Waals surface area contributed by atoms with E-state index in [0.717, 1.165) is 17.1 Å². The summed E-state index contributed by atoms with van der Waals surface area (Å²) in [5.41, 5.74) is 2.62. The fourth-order valence-electron chi connectivity index (χ4n) is 2.19. The Hall–Kier alpha value is -2.56. The molecule has 1 aromatic heterocycles. The summed E-state index contributed by atoms with van der Waals surface area (Å²) >= 11 is 0. The molecule has 0 bridgehead atoms. The number of hydrogen-bond acceptors (Lipinski definition) is 2. The molecule has 0 radical (unpaired) electrons. The second kappa shape index (κ2) is 4.85. The molecule has 0 spiro atoms. The maximum absolute atomic E-state index is 12.8. The average Bonchev–Trinajstić information content (AvgIpc) is 2.87. The van der Waals surface area contributed by atoms with Gasteiger partial charge in [0.15, 0.2) is 0 Å². The molecule has 2 aromatic rings. The molecule has 2 N–H and O–H groups in total. The van der Waals surface area contributed by atoms with Crippen LogP contribution in [0.4, 0.5) is 4.39 Å². The Bertz CT molecular complexity index is 673. The molecule has 1 aliphatic heterocycles. The Labute approximate surface area is 115 Å². The number of carbonyl (C=O) groups excluding carboxylic acids is 1. The highest BCUT2D eigenvalue weighted by Crippen LogP contribution is 2.20. The van der Waals surface area contributed by atoms with Gasteiger partial charge in [-0.2, -0.15) is 0 Å². The van der Waals surface area contributed by atoms with E-state index in [1.165, 1.54) is 24.3 Å². The van der Waals surface area contributed by atoms with E-state index < -0.39 is 0 Å². The lowest BCUT2D eigenvalue weighted by Gasteiger charge is -2.26. The van der Waals surface area contributed by atoms with Crippen LogP contribution in [-0.4, -0.2) is 22.8 Å².